The van der Waals surface area contributed by atoms with Crippen LogP contribution in [-0.4, -0.2) is 62.3 Å². The van der Waals surface area contributed by atoms with Crippen molar-refractivity contribution >= 4 is 17.6 Å². The summed E-state index contributed by atoms with van der Waals surface area (Å²) in [5.74, 6) is 1.39. The summed E-state index contributed by atoms with van der Waals surface area (Å²) in [4.78, 5) is 28.8. The molecule has 0 spiro atoms. The van der Waals surface area contributed by atoms with Crippen LogP contribution in [0.5, 0.6) is 11.5 Å². The summed E-state index contributed by atoms with van der Waals surface area (Å²) in [6, 6.07) is 6.14. The Morgan fingerprint density at radius 1 is 1.12 bits per heavy atom. The summed E-state index contributed by atoms with van der Waals surface area (Å²) in [5.41, 5.74) is 1.07. The summed E-state index contributed by atoms with van der Waals surface area (Å²) in [5, 5.41) is 0. The van der Waals surface area contributed by atoms with Gasteiger partial charge in [0.1, 0.15) is 6.42 Å². The van der Waals surface area contributed by atoms with E-state index in [0.29, 0.717) is 19.0 Å². The summed E-state index contributed by atoms with van der Waals surface area (Å²) < 4.78 is 16.8. The fourth-order valence-electron chi connectivity index (χ4n) is 4.74. The number of hydrogen-bond donors (Lipinski definition) is 0. The number of methoxy groups -OCH3 is 1. The van der Waals surface area contributed by atoms with Gasteiger partial charge in [-0.15, -0.1) is 0 Å². The van der Waals surface area contributed by atoms with Crippen LogP contribution in [0.25, 0.3) is 0 Å². The predicted molar refractivity (Wildman–Crippen MR) is 124 cm³/mol. The fraction of sp³-hybridized carbons (Fsp3) is 0.680. The van der Waals surface area contributed by atoms with Crippen molar-refractivity contribution in [1.82, 2.24) is 4.90 Å². The topological polar surface area (TPSA) is 68.3 Å². The maximum Gasteiger partial charge on any atom is 0.315 e. The number of ether oxygens (including phenoxy) is 3. The number of rotatable bonds is 9. The lowest BCUT2D eigenvalue weighted by atomic mass is 9.99. The van der Waals surface area contributed by atoms with Gasteiger partial charge in [0, 0.05) is 37.4 Å². The second-order valence-electron chi connectivity index (χ2n) is 9.16. The molecule has 0 unspecified atom stereocenters. The monoisotopic (exact) mass is 446 g/mol. The van der Waals surface area contributed by atoms with E-state index in [0.717, 1.165) is 43.0 Å². The maximum atomic E-state index is 12.8. The number of esters is 1. The van der Waals surface area contributed by atoms with E-state index in [4.69, 9.17) is 14.2 Å². The lowest BCUT2D eigenvalue weighted by Crippen LogP contribution is -2.56. The van der Waals surface area contributed by atoms with Crippen molar-refractivity contribution in [3.63, 3.8) is 0 Å². The minimum atomic E-state index is -0.452. The molecular formula is C25H38N2O5. The van der Waals surface area contributed by atoms with Crippen molar-refractivity contribution in [2.75, 3.05) is 38.3 Å². The molecule has 0 bridgehead atoms. The van der Waals surface area contributed by atoms with Crippen LogP contribution in [0.3, 0.4) is 0 Å². The largest absolute Gasteiger partial charge is 0.493 e. The van der Waals surface area contributed by atoms with E-state index in [1.54, 1.807) is 14.0 Å². The molecule has 7 heteroatoms. The molecule has 0 N–H and O–H groups in total. The lowest BCUT2D eigenvalue weighted by Gasteiger charge is -2.43. The summed E-state index contributed by atoms with van der Waals surface area (Å²) in [6.45, 7) is 8.38. The van der Waals surface area contributed by atoms with E-state index >= 15 is 0 Å². The van der Waals surface area contributed by atoms with Crippen LogP contribution in [0, 0.1) is 5.92 Å². The third-order valence-electron chi connectivity index (χ3n) is 6.26. The van der Waals surface area contributed by atoms with E-state index in [-0.39, 0.29) is 31.1 Å². The molecule has 7 nitrogen and oxygen atoms in total. The van der Waals surface area contributed by atoms with Crippen LogP contribution in [0.4, 0.5) is 5.69 Å². The molecule has 1 aliphatic carbocycles. The van der Waals surface area contributed by atoms with Gasteiger partial charge in [0.2, 0.25) is 5.91 Å². The number of benzene rings is 1. The highest BCUT2D eigenvalue weighted by Crippen LogP contribution is 2.36. The van der Waals surface area contributed by atoms with Gasteiger partial charge in [-0.25, -0.2) is 0 Å². The number of amides is 1. The van der Waals surface area contributed by atoms with Crippen molar-refractivity contribution in [2.45, 2.75) is 71.4 Å². The highest BCUT2D eigenvalue weighted by Gasteiger charge is 2.32. The van der Waals surface area contributed by atoms with Gasteiger partial charge in [-0.2, -0.15) is 0 Å². The van der Waals surface area contributed by atoms with Crippen LogP contribution in [-0.2, 0) is 14.3 Å². The van der Waals surface area contributed by atoms with Gasteiger partial charge < -0.3 is 24.0 Å². The third kappa shape index (κ3) is 6.30. The first kappa shape index (κ1) is 24.2. The molecule has 3 rings (SSSR count). The molecule has 1 saturated heterocycles. The molecule has 1 heterocycles. The molecule has 2 aliphatic rings. The van der Waals surface area contributed by atoms with E-state index in [1.165, 1.54) is 12.8 Å². The van der Waals surface area contributed by atoms with Gasteiger partial charge in [-0.3, -0.25) is 9.59 Å². The zero-order valence-corrected chi connectivity index (χ0v) is 20.0. The van der Waals surface area contributed by atoms with Crippen molar-refractivity contribution in [3.8, 4) is 11.5 Å². The zero-order valence-electron chi connectivity index (χ0n) is 20.0. The summed E-state index contributed by atoms with van der Waals surface area (Å²) in [7, 11) is 1.67. The van der Waals surface area contributed by atoms with Gasteiger partial charge in [0.25, 0.3) is 0 Å². The number of anilines is 1. The SMILES string of the molecule is CCOC(=O)CC(=O)N1CCN(c2ccc(OC)c(OC3CCCC3)c2)C[C@@H]1CC(C)C. The Morgan fingerprint density at radius 2 is 1.88 bits per heavy atom. The molecule has 1 aromatic carbocycles. The van der Waals surface area contributed by atoms with Crippen LogP contribution < -0.4 is 14.4 Å². The normalized spacial score (nSPS) is 19.3. The minimum absolute atomic E-state index is 0.0481. The second kappa shape index (κ2) is 11.4. The number of carbonyl (C=O) groups is 2. The van der Waals surface area contributed by atoms with E-state index in [2.05, 4.69) is 30.9 Å². The predicted octanol–water partition coefficient (Wildman–Crippen LogP) is 4.03. The highest BCUT2D eigenvalue weighted by atomic mass is 16.5. The van der Waals surface area contributed by atoms with Crippen molar-refractivity contribution in [3.05, 3.63) is 18.2 Å². The summed E-state index contributed by atoms with van der Waals surface area (Å²) >= 11 is 0. The fourth-order valence-corrected chi connectivity index (χ4v) is 4.74. The average molecular weight is 447 g/mol. The van der Waals surface area contributed by atoms with Gasteiger partial charge >= 0.3 is 5.97 Å². The van der Waals surface area contributed by atoms with Gasteiger partial charge in [0.15, 0.2) is 11.5 Å². The number of carbonyl (C=O) groups excluding carboxylic acids is 2. The Morgan fingerprint density at radius 3 is 2.53 bits per heavy atom. The van der Waals surface area contributed by atoms with Gasteiger partial charge in [0.05, 0.1) is 19.8 Å². The highest BCUT2D eigenvalue weighted by molar-refractivity contribution is 5.94. The zero-order chi connectivity index (χ0) is 23.1. The van der Waals surface area contributed by atoms with Crippen LogP contribution in [0.2, 0.25) is 0 Å². The molecule has 0 aromatic heterocycles. The molecule has 1 atom stereocenters. The van der Waals surface area contributed by atoms with Crippen molar-refractivity contribution in [1.29, 1.82) is 0 Å². The van der Waals surface area contributed by atoms with Crippen molar-refractivity contribution < 1.29 is 23.8 Å². The van der Waals surface area contributed by atoms with Crippen molar-refractivity contribution in [2.24, 2.45) is 5.92 Å². The third-order valence-corrected chi connectivity index (χ3v) is 6.26. The lowest BCUT2D eigenvalue weighted by molar-refractivity contribution is -0.149. The molecule has 1 amide bonds. The Bertz CT molecular complexity index is 776. The Hall–Kier alpha value is -2.44. The first-order valence-electron chi connectivity index (χ1n) is 12.0. The molecule has 1 saturated carbocycles. The molecule has 1 aliphatic heterocycles. The Balaban J connectivity index is 1.73. The number of hydrogen-bond acceptors (Lipinski definition) is 6. The molecule has 1 aromatic rings. The standard InChI is InChI=1S/C25H38N2O5/c1-5-31-25(29)16-24(28)27-13-12-26(17-20(27)14-18(2)3)19-10-11-22(30-4)23(15-19)32-21-8-6-7-9-21/h10-11,15,18,20-21H,5-9,12-14,16-17H2,1-4H3/t20-/m0/s1. The van der Waals surface area contributed by atoms with Crippen LogP contribution in [0.1, 0.15) is 59.3 Å². The first-order valence-corrected chi connectivity index (χ1v) is 12.0. The van der Waals surface area contributed by atoms with Crippen LogP contribution >= 0.6 is 0 Å². The number of nitrogens with zero attached hydrogens (tertiary/aromatic N) is 2. The molecule has 32 heavy (non-hydrogen) atoms. The first-order chi connectivity index (χ1) is 15.4. The van der Waals surface area contributed by atoms with Crippen LogP contribution in [0.15, 0.2) is 18.2 Å². The Kier molecular flexibility index (Phi) is 8.65. The molecule has 178 valence electrons. The van der Waals surface area contributed by atoms with Gasteiger partial charge in [-0.1, -0.05) is 13.8 Å². The molecule has 2 fully saturated rings. The summed E-state index contributed by atoms with van der Waals surface area (Å²) in [6.07, 6.45) is 5.55. The Labute approximate surface area is 192 Å². The van der Waals surface area contributed by atoms with E-state index in [9.17, 15) is 9.59 Å². The quantitative estimate of drug-likeness (QED) is 0.421. The van der Waals surface area contributed by atoms with Gasteiger partial charge in [-0.05, 0) is 57.1 Å². The van der Waals surface area contributed by atoms with E-state index < -0.39 is 5.97 Å². The minimum Gasteiger partial charge on any atom is -0.493 e. The molecular weight excluding hydrogens is 408 g/mol. The molecule has 0 radical (unpaired) electrons. The van der Waals surface area contributed by atoms with E-state index in [1.807, 2.05) is 11.0 Å². The average Bonchev–Trinajstić information content (AvgIpc) is 3.26. The number of piperazine rings is 1. The maximum absolute atomic E-state index is 12.8. The smallest absolute Gasteiger partial charge is 0.315 e. The second-order valence-corrected chi connectivity index (χ2v) is 9.16.